The fourth-order valence-corrected chi connectivity index (χ4v) is 2.08. The van der Waals surface area contributed by atoms with Crippen molar-refractivity contribution in [3.05, 3.63) is 34.6 Å². The van der Waals surface area contributed by atoms with Crippen LogP contribution in [0.15, 0.2) is 33.3 Å². The maximum atomic E-state index is 5.38. The van der Waals surface area contributed by atoms with Gasteiger partial charge in [-0.05, 0) is 24.3 Å². The van der Waals surface area contributed by atoms with Gasteiger partial charge in [0.1, 0.15) is 0 Å². The molecule has 94 valence electrons. The number of nitrogens with zero attached hydrogens (tertiary/aromatic N) is 2. The molecule has 1 aromatic carbocycles. The Morgan fingerprint density at radius 2 is 2.11 bits per heavy atom. The topological polar surface area (TPSA) is 60.2 Å². The van der Waals surface area contributed by atoms with Gasteiger partial charge in [0.15, 0.2) is 5.82 Å². The van der Waals surface area contributed by atoms with E-state index in [-0.39, 0.29) is 6.04 Å². The summed E-state index contributed by atoms with van der Waals surface area (Å²) in [6, 6.07) is 7.78. The lowest BCUT2D eigenvalue weighted by Gasteiger charge is -2.20. The Bertz CT molecular complexity index is 520. The monoisotopic (exact) mass is 309 g/mol. The first kappa shape index (κ1) is 11.8. The van der Waals surface area contributed by atoms with E-state index in [0.29, 0.717) is 18.3 Å². The number of morpholine rings is 1. The van der Waals surface area contributed by atoms with Gasteiger partial charge in [0.25, 0.3) is 5.89 Å². The second-order valence-corrected chi connectivity index (χ2v) is 4.96. The third-order valence-corrected chi connectivity index (χ3v) is 3.29. The summed E-state index contributed by atoms with van der Waals surface area (Å²) >= 11 is 3.39. The number of nitrogens with one attached hydrogen (secondary N) is 1. The van der Waals surface area contributed by atoms with Crippen LogP contribution in [0.4, 0.5) is 0 Å². The van der Waals surface area contributed by atoms with Crippen molar-refractivity contribution >= 4 is 15.9 Å². The molecule has 1 saturated heterocycles. The maximum absolute atomic E-state index is 5.38. The van der Waals surface area contributed by atoms with Gasteiger partial charge in [-0.25, -0.2) is 0 Å². The van der Waals surface area contributed by atoms with E-state index < -0.39 is 0 Å². The fourth-order valence-electron chi connectivity index (χ4n) is 1.82. The highest BCUT2D eigenvalue weighted by atomic mass is 79.9. The third kappa shape index (κ3) is 2.45. The molecule has 0 radical (unpaired) electrons. The number of aromatic nitrogens is 2. The molecule has 1 aliphatic heterocycles. The van der Waals surface area contributed by atoms with E-state index in [1.807, 2.05) is 24.3 Å². The molecule has 1 aliphatic rings. The average Bonchev–Trinajstić information content (AvgIpc) is 2.90. The number of ether oxygens (including phenoxy) is 1. The predicted octanol–water partition coefficient (Wildman–Crippen LogP) is 2.16. The molecule has 0 unspecified atom stereocenters. The van der Waals surface area contributed by atoms with Crippen LogP contribution in [-0.2, 0) is 4.74 Å². The third-order valence-electron chi connectivity index (χ3n) is 2.77. The largest absolute Gasteiger partial charge is 0.378 e. The molecule has 2 aromatic rings. The lowest BCUT2D eigenvalue weighted by atomic mass is 10.2. The molecule has 0 bridgehead atoms. The molecule has 18 heavy (non-hydrogen) atoms. The smallest absolute Gasteiger partial charge is 0.257 e. The predicted molar refractivity (Wildman–Crippen MR) is 69.0 cm³/mol. The van der Waals surface area contributed by atoms with Crippen molar-refractivity contribution in [1.29, 1.82) is 0 Å². The van der Waals surface area contributed by atoms with Crippen LogP contribution < -0.4 is 5.32 Å². The van der Waals surface area contributed by atoms with Gasteiger partial charge >= 0.3 is 0 Å². The molecule has 1 fully saturated rings. The van der Waals surface area contributed by atoms with Gasteiger partial charge in [-0.15, -0.1) is 0 Å². The van der Waals surface area contributed by atoms with Crippen LogP contribution in [0.3, 0.4) is 0 Å². The Morgan fingerprint density at radius 1 is 1.28 bits per heavy atom. The Labute approximate surface area is 113 Å². The first-order valence-electron chi connectivity index (χ1n) is 5.73. The van der Waals surface area contributed by atoms with Gasteiger partial charge in [-0.2, -0.15) is 4.98 Å². The van der Waals surface area contributed by atoms with Crippen molar-refractivity contribution in [1.82, 2.24) is 15.5 Å². The lowest BCUT2D eigenvalue weighted by Crippen LogP contribution is -2.35. The van der Waals surface area contributed by atoms with E-state index in [1.165, 1.54) is 0 Å². The van der Waals surface area contributed by atoms with Crippen LogP contribution in [-0.4, -0.2) is 29.9 Å². The van der Waals surface area contributed by atoms with Gasteiger partial charge in [-0.1, -0.05) is 21.1 Å². The van der Waals surface area contributed by atoms with Gasteiger partial charge in [0.2, 0.25) is 0 Å². The van der Waals surface area contributed by atoms with Crippen molar-refractivity contribution in [3.63, 3.8) is 0 Å². The number of rotatable bonds is 2. The summed E-state index contributed by atoms with van der Waals surface area (Å²) in [6.07, 6.45) is 0. The molecule has 1 atom stereocenters. The number of hydrogen-bond acceptors (Lipinski definition) is 5. The zero-order valence-corrected chi connectivity index (χ0v) is 11.2. The molecule has 0 amide bonds. The minimum Gasteiger partial charge on any atom is -0.378 e. The Balaban J connectivity index is 1.82. The number of halogens is 1. The molecular weight excluding hydrogens is 298 g/mol. The molecule has 0 saturated carbocycles. The highest BCUT2D eigenvalue weighted by Gasteiger charge is 2.21. The Kier molecular flexibility index (Phi) is 3.40. The summed E-state index contributed by atoms with van der Waals surface area (Å²) in [5.41, 5.74) is 0.911. The lowest BCUT2D eigenvalue weighted by molar-refractivity contribution is 0.0734. The van der Waals surface area contributed by atoms with Gasteiger partial charge in [0, 0.05) is 16.6 Å². The van der Waals surface area contributed by atoms with E-state index in [1.54, 1.807) is 0 Å². The highest BCUT2D eigenvalue weighted by molar-refractivity contribution is 9.10. The van der Waals surface area contributed by atoms with Crippen LogP contribution in [0.5, 0.6) is 0 Å². The standard InChI is InChI=1S/C12H12BrN3O2/c13-9-3-1-8(2-4-9)12-15-11(16-18-12)10-7-17-6-5-14-10/h1-4,10,14H,5-7H2/t10-/m0/s1. The molecular formula is C12H12BrN3O2. The summed E-state index contributed by atoms with van der Waals surface area (Å²) in [4.78, 5) is 4.40. The molecule has 1 aromatic heterocycles. The molecule has 0 spiro atoms. The van der Waals surface area contributed by atoms with Crippen LogP contribution in [0.2, 0.25) is 0 Å². The first-order chi connectivity index (χ1) is 8.83. The van der Waals surface area contributed by atoms with Crippen LogP contribution in [0.1, 0.15) is 11.9 Å². The van der Waals surface area contributed by atoms with Gasteiger partial charge in [0.05, 0.1) is 19.3 Å². The van der Waals surface area contributed by atoms with E-state index in [0.717, 1.165) is 23.2 Å². The fraction of sp³-hybridized carbons (Fsp3) is 0.333. The van der Waals surface area contributed by atoms with Crippen molar-refractivity contribution in [2.75, 3.05) is 19.8 Å². The Hall–Kier alpha value is -1.24. The minimum absolute atomic E-state index is 0.0201. The van der Waals surface area contributed by atoms with Crippen molar-refractivity contribution in [2.45, 2.75) is 6.04 Å². The van der Waals surface area contributed by atoms with Gasteiger partial charge in [-0.3, -0.25) is 0 Å². The summed E-state index contributed by atoms with van der Waals surface area (Å²) in [6.45, 7) is 2.13. The minimum atomic E-state index is 0.0201. The van der Waals surface area contributed by atoms with E-state index in [9.17, 15) is 0 Å². The van der Waals surface area contributed by atoms with Crippen molar-refractivity contribution < 1.29 is 9.26 Å². The SMILES string of the molecule is Brc1ccc(-c2nc([C@@H]3COCCN3)no2)cc1. The first-order valence-corrected chi connectivity index (χ1v) is 6.53. The van der Waals surface area contributed by atoms with E-state index >= 15 is 0 Å². The van der Waals surface area contributed by atoms with Crippen molar-refractivity contribution in [2.24, 2.45) is 0 Å². The Morgan fingerprint density at radius 3 is 2.83 bits per heavy atom. The molecule has 3 rings (SSSR count). The molecule has 0 aliphatic carbocycles. The van der Waals surface area contributed by atoms with Crippen molar-refractivity contribution in [3.8, 4) is 11.5 Å². The summed E-state index contributed by atoms with van der Waals surface area (Å²) in [5.74, 6) is 1.18. The summed E-state index contributed by atoms with van der Waals surface area (Å²) in [5, 5.41) is 7.29. The number of hydrogen-bond donors (Lipinski definition) is 1. The molecule has 2 heterocycles. The maximum Gasteiger partial charge on any atom is 0.257 e. The van der Waals surface area contributed by atoms with Gasteiger partial charge < -0.3 is 14.6 Å². The summed E-state index contributed by atoms with van der Waals surface area (Å²) in [7, 11) is 0. The van der Waals surface area contributed by atoms with Crippen LogP contribution in [0, 0.1) is 0 Å². The summed E-state index contributed by atoms with van der Waals surface area (Å²) < 4.78 is 11.7. The second kappa shape index (κ2) is 5.17. The molecule has 5 nitrogen and oxygen atoms in total. The number of benzene rings is 1. The molecule has 6 heteroatoms. The average molecular weight is 310 g/mol. The quantitative estimate of drug-likeness (QED) is 0.921. The second-order valence-electron chi connectivity index (χ2n) is 4.05. The van der Waals surface area contributed by atoms with Crippen LogP contribution >= 0.6 is 15.9 Å². The normalized spacial score (nSPS) is 19.9. The van der Waals surface area contributed by atoms with Crippen LogP contribution in [0.25, 0.3) is 11.5 Å². The van der Waals surface area contributed by atoms with E-state index in [4.69, 9.17) is 9.26 Å². The zero-order chi connectivity index (χ0) is 12.4. The molecule has 1 N–H and O–H groups in total. The van der Waals surface area contributed by atoms with E-state index in [2.05, 4.69) is 31.4 Å². The zero-order valence-electron chi connectivity index (χ0n) is 9.60. The highest BCUT2D eigenvalue weighted by Crippen LogP contribution is 2.22.